The number of likely N-dealkylation sites (tertiary alicyclic amines) is 1. The van der Waals surface area contributed by atoms with Crippen molar-refractivity contribution in [1.29, 1.82) is 0 Å². The quantitative estimate of drug-likeness (QED) is 0.840. The molecular weight excluding hydrogens is 300 g/mol. The number of nitrogens with one attached hydrogen (secondary N) is 1. The molecule has 0 spiro atoms. The smallest absolute Gasteiger partial charge is 0.124 e. The summed E-state index contributed by atoms with van der Waals surface area (Å²) in [5.74, 6) is 2.90. The number of hydrogen-bond acceptors (Lipinski definition) is 4. The molecule has 0 aromatic heterocycles. The zero-order chi connectivity index (χ0) is 16.9. The minimum absolute atomic E-state index is 0.210. The van der Waals surface area contributed by atoms with Gasteiger partial charge in [-0.25, -0.2) is 0 Å². The van der Waals surface area contributed by atoms with Crippen molar-refractivity contribution in [2.75, 3.05) is 32.8 Å². The molecule has 134 valence electrons. The first-order valence-corrected chi connectivity index (χ1v) is 9.46. The molecule has 2 heterocycles. The summed E-state index contributed by atoms with van der Waals surface area (Å²) < 4.78 is 5.96. The Hall–Kier alpha value is -1.10. The molecule has 2 aliphatic rings. The van der Waals surface area contributed by atoms with Crippen molar-refractivity contribution >= 4 is 0 Å². The van der Waals surface area contributed by atoms with Crippen LogP contribution in [0.4, 0.5) is 0 Å². The van der Waals surface area contributed by atoms with Crippen LogP contribution in [0.5, 0.6) is 5.75 Å². The second kappa shape index (κ2) is 8.32. The van der Waals surface area contributed by atoms with E-state index in [1.807, 2.05) is 0 Å². The van der Waals surface area contributed by atoms with Gasteiger partial charge in [-0.2, -0.15) is 0 Å². The van der Waals surface area contributed by atoms with Gasteiger partial charge >= 0.3 is 0 Å². The molecule has 0 aliphatic carbocycles. The second-order valence-corrected chi connectivity index (χ2v) is 7.65. The zero-order valence-electron chi connectivity index (χ0n) is 15.1. The third-order valence-electron chi connectivity index (χ3n) is 5.59. The number of nitrogens with zero attached hydrogens (tertiary/aromatic N) is 1. The molecule has 24 heavy (non-hydrogen) atoms. The van der Waals surface area contributed by atoms with Gasteiger partial charge in [0.15, 0.2) is 0 Å². The first-order valence-electron chi connectivity index (χ1n) is 9.46. The fourth-order valence-corrected chi connectivity index (χ4v) is 4.29. The SMILES string of the molecule is CC(C)Oc1ccccc1CN1CCC([C@@H]2CNC[C@H]2CO)CC1. The third-order valence-corrected chi connectivity index (χ3v) is 5.59. The predicted molar refractivity (Wildman–Crippen MR) is 97.1 cm³/mol. The van der Waals surface area contributed by atoms with Gasteiger partial charge in [-0.1, -0.05) is 18.2 Å². The molecule has 2 N–H and O–H groups in total. The van der Waals surface area contributed by atoms with Crippen molar-refractivity contribution in [3.8, 4) is 5.75 Å². The number of ether oxygens (including phenoxy) is 1. The van der Waals surface area contributed by atoms with E-state index in [0.29, 0.717) is 18.4 Å². The van der Waals surface area contributed by atoms with Gasteiger partial charge in [-0.05, 0) is 70.1 Å². The Morgan fingerprint density at radius 2 is 1.96 bits per heavy atom. The van der Waals surface area contributed by atoms with Crippen molar-refractivity contribution in [3.05, 3.63) is 29.8 Å². The van der Waals surface area contributed by atoms with Crippen molar-refractivity contribution in [1.82, 2.24) is 10.2 Å². The van der Waals surface area contributed by atoms with Crippen LogP contribution in [0.2, 0.25) is 0 Å². The number of benzene rings is 1. The van der Waals surface area contributed by atoms with E-state index in [2.05, 4.69) is 48.3 Å². The standard InChI is InChI=1S/C20H32N2O2/c1-15(2)24-20-6-4-3-5-17(20)13-22-9-7-16(8-10-22)19-12-21-11-18(19)14-23/h3-6,15-16,18-19,21,23H,7-14H2,1-2H3/t18-,19-/m0/s1. The van der Waals surface area contributed by atoms with Crippen LogP contribution in [-0.4, -0.2) is 48.9 Å². The van der Waals surface area contributed by atoms with Crippen LogP contribution in [0.1, 0.15) is 32.3 Å². The minimum atomic E-state index is 0.210. The molecule has 2 atom stereocenters. The molecule has 0 saturated carbocycles. The fourth-order valence-electron chi connectivity index (χ4n) is 4.29. The van der Waals surface area contributed by atoms with Crippen molar-refractivity contribution in [2.45, 2.75) is 39.3 Å². The van der Waals surface area contributed by atoms with Crippen molar-refractivity contribution in [3.63, 3.8) is 0 Å². The summed E-state index contributed by atoms with van der Waals surface area (Å²) in [5.41, 5.74) is 1.29. The lowest BCUT2D eigenvalue weighted by atomic mass is 9.79. The Kier molecular flexibility index (Phi) is 6.14. The van der Waals surface area contributed by atoms with Gasteiger partial charge in [0.1, 0.15) is 5.75 Å². The Morgan fingerprint density at radius 3 is 2.67 bits per heavy atom. The molecule has 2 fully saturated rings. The first kappa shape index (κ1) is 17.7. The fraction of sp³-hybridized carbons (Fsp3) is 0.700. The molecule has 4 nitrogen and oxygen atoms in total. The summed E-state index contributed by atoms with van der Waals surface area (Å²) in [6.45, 7) is 9.83. The van der Waals surface area contributed by atoms with Crippen LogP contribution in [0.25, 0.3) is 0 Å². The summed E-state index contributed by atoms with van der Waals surface area (Å²) in [6.07, 6.45) is 2.70. The lowest BCUT2D eigenvalue weighted by molar-refractivity contribution is 0.107. The molecule has 2 saturated heterocycles. The van der Waals surface area contributed by atoms with Crippen molar-refractivity contribution in [2.24, 2.45) is 17.8 Å². The first-order chi connectivity index (χ1) is 11.7. The summed E-state index contributed by atoms with van der Waals surface area (Å²) in [5, 5.41) is 13.0. The Labute approximate surface area is 146 Å². The highest BCUT2D eigenvalue weighted by Crippen LogP contribution is 2.33. The maximum atomic E-state index is 9.55. The lowest BCUT2D eigenvalue weighted by Crippen LogP contribution is -2.38. The number of aliphatic hydroxyl groups is 1. The van der Waals surface area contributed by atoms with E-state index < -0.39 is 0 Å². The summed E-state index contributed by atoms with van der Waals surface area (Å²) in [6, 6.07) is 8.42. The molecule has 0 radical (unpaired) electrons. The number of para-hydroxylation sites is 1. The minimum Gasteiger partial charge on any atom is -0.491 e. The summed E-state index contributed by atoms with van der Waals surface area (Å²) >= 11 is 0. The van der Waals surface area contributed by atoms with E-state index >= 15 is 0 Å². The number of rotatable bonds is 6. The predicted octanol–water partition coefficient (Wildman–Crippen LogP) is 2.51. The van der Waals surface area contributed by atoms with E-state index in [1.165, 1.54) is 18.4 Å². The van der Waals surface area contributed by atoms with Crippen molar-refractivity contribution < 1.29 is 9.84 Å². The molecule has 0 bridgehead atoms. The molecule has 2 aliphatic heterocycles. The van der Waals surface area contributed by atoms with Gasteiger partial charge in [0.05, 0.1) is 6.10 Å². The van der Waals surface area contributed by atoms with Gasteiger partial charge in [-0.3, -0.25) is 4.90 Å². The Morgan fingerprint density at radius 1 is 1.21 bits per heavy atom. The van der Waals surface area contributed by atoms with E-state index in [1.54, 1.807) is 0 Å². The molecule has 1 aromatic rings. The lowest BCUT2D eigenvalue weighted by Gasteiger charge is -2.36. The molecular formula is C20H32N2O2. The second-order valence-electron chi connectivity index (χ2n) is 7.65. The molecule has 0 amide bonds. The maximum absolute atomic E-state index is 9.55. The van der Waals surface area contributed by atoms with Gasteiger partial charge in [-0.15, -0.1) is 0 Å². The number of hydrogen-bond donors (Lipinski definition) is 2. The summed E-state index contributed by atoms with van der Waals surface area (Å²) in [4.78, 5) is 2.55. The topological polar surface area (TPSA) is 44.7 Å². The van der Waals surface area contributed by atoms with Crippen LogP contribution in [0.15, 0.2) is 24.3 Å². The summed E-state index contributed by atoms with van der Waals surface area (Å²) in [7, 11) is 0. The van der Waals surface area contributed by atoms with Gasteiger partial charge < -0.3 is 15.2 Å². The van der Waals surface area contributed by atoms with Crippen LogP contribution in [0.3, 0.4) is 0 Å². The zero-order valence-corrected chi connectivity index (χ0v) is 15.1. The third kappa shape index (κ3) is 4.29. The van der Waals surface area contributed by atoms with Crippen LogP contribution < -0.4 is 10.1 Å². The average molecular weight is 332 g/mol. The Bertz CT molecular complexity index is 512. The van der Waals surface area contributed by atoms with Gasteiger partial charge in [0.2, 0.25) is 0 Å². The largest absolute Gasteiger partial charge is 0.491 e. The highest BCUT2D eigenvalue weighted by molar-refractivity contribution is 5.33. The van der Waals surface area contributed by atoms with E-state index in [-0.39, 0.29) is 6.10 Å². The van der Waals surface area contributed by atoms with E-state index in [4.69, 9.17) is 4.74 Å². The van der Waals surface area contributed by atoms with Crippen LogP contribution >= 0.6 is 0 Å². The molecule has 0 unspecified atom stereocenters. The highest BCUT2D eigenvalue weighted by atomic mass is 16.5. The maximum Gasteiger partial charge on any atom is 0.124 e. The van der Waals surface area contributed by atoms with Gasteiger partial charge in [0.25, 0.3) is 0 Å². The average Bonchev–Trinajstić information content (AvgIpc) is 3.05. The monoisotopic (exact) mass is 332 g/mol. The molecule has 4 heteroatoms. The number of piperidine rings is 1. The van der Waals surface area contributed by atoms with Gasteiger partial charge in [0, 0.05) is 25.3 Å². The number of aliphatic hydroxyl groups excluding tert-OH is 1. The molecule has 1 aromatic carbocycles. The normalized spacial score (nSPS) is 26.2. The highest BCUT2D eigenvalue weighted by Gasteiger charge is 2.34. The Balaban J connectivity index is 1.54. The van der Waals surface area contributed by atoms with Crippen LogP contribution in [0, 0.1) is 17.8 Å². The molecule has 3 rings (SSSR count). The van der Waals surface area contributed by atoms with E-state index in [9.17, 15) is 5.11 Å². The van der Waals surface area contributed by atoms with Crippen LogP contribution in [-0.2, 0) is 6.54 Å². The van der Waals surface area contributed by atoms with E-state index in [0.717, 1.165) is 44.4 Å².